The van der Waals surface area contributed by atoms with E-state index in [1.807, 2.05) is 6.92 Å². The molecule has 20 heavy (non-hydrogen) atoms. The van der Waals surface area contributed by atoms with Gasteiger partial charge in [0.1, 0.15) is 16.7 Å². The van der Waals surface area contributed by atoms with E-state index < -0.39 is 11.3 Å². The van der Waals surface area contributed by atoms with E-state index in [9.17, 15) is 5.26 Å². The van der Waals surface area contributed by atoms with Crippen LogP contribution in [0, 0.1) is 22.7 Å². The molecule has 0 aromatic heterocycles. The molecule has 0 fully saturated rings. The van der Waals surface area contributed by atoms with Gasteiger partial charge in [0.15, 0.2) is 0 Å². The SMILES string of the molecule is C[C@@]1(c2ccc(Cl)cc2)C(=C=N)C(=S)N=C(N)C1C#N. The summed E-state index contributed by atoms with van der Waals surface area (Å²) >= 11 is 11.1. The number of nitrogens with one attached hydrogen (secondary N) is 1. The predicted molar refractivity (Wildman–Crippen MR) is 83.4 cm³/mol. The standard InChI is InChI=1S/C14H11ClN4S/c1-14(8-2-4-9(15)5-3-8)10(6-16)12(18)19-13(20)11(14)7-17/h2-5,10,17H,1H3,(H2,18,19,20)/t10?,14-/m0/s1. The van der Waals surface area contributed by atoms with Crippen LogP contribution in [0.25, 0.3) is 0 Å². The molecule has 0 radical (unpaired) electrons. The van der Waals surface area contributed by atoms with Crippen LogP contribution in [0.5, 0.6) is 0 Å². The number of nitriles is 1. The molecular formula is C14H11ClN4S. The monoisotopic (exact) mass is 302 g/mol. The van der Waals surface area contributed by atoms with Crippen LogP contribution < -0.4 is 5.73 Å². The molecule has 0 saturated carbocycles. The van der Waals surface area contributed by atoms with Crippen LogP contribution in [0.1, 0.15) is 12.5 Å². The molecule has 2 rings (SSSR count). The Hall–Kier alpha value is -1.99. The van der Waals surface area contributed by atoms with Crippen molar-refractivity contribution in [3.8, 4) is 6.07 Å². The number of amidine groups is 1. The summed E-state index contributed by atoms with van der Waals surface area (Å²) in [5, 5.41) is 17.5. The van der Waals surface area contributed by atoms with Crippen molar-refractivity contribution in [2.75, 3.05) is 0 Å². The maximum absolute atomic E-state index is 9.43. The number of benzene rings is 1. The maximum Gasteiger partial charge on any atom is 0.141 e. The zero-order valence-electron chi connectivity index (χ0n) is 10.6. The average molecular weight is 303 g/mol. The number of hydrogen-bond acceptors (Lipinski definition) is 4. The maximum atomic E-state index is 9.43. The zero-order chi connectivity index (χ0) is 14.9. The van der Waals surface area contributed by atoms with Gasteiger partial charge in [0, 0.05) is 5.02 Å². The number of thiocarbonyl (C=S) groups is 1. The van der Waals surface area contributed by atoms with Crippen LogP contribution in [0.2, 0.25) is 5.02 Å². The summed E-state index contributed by atoms with van der Waals surface area (Å²) < 4.78 is 0. The first-order chi connectivity index (χ1) is 9.44. The van der Waals surface area contributed by atoms with Gasteiger partial charge >= 0.3 is 0 Å². The van der Waals surface area contributed by atoms with Crippen molar-refractivity contribution in [2.24, 2.45) is 16.6 Å². The van der Waals surface area contributed by atoms with Crippen LogP contribution in [-0.2, 0) is 5.41 Å². The summed E-state index contributed by atoms with van der Waals surface area (Å²) in [6.45, 7) is 1.81. The Morgan fingerprint density at radius 2 is 2.05 bits per heavy atom. The number of hydrogen-bond donors (Lipinski definition) is 2. The van der Waals surface area contributed by atoms with E-state index in [1.54, 1.807) is 24.3 Å². The summed E-state index contributed by atoms with van der Waals surface area (Å²) in [5.74, 6) is 1.78. The highest BCUT2D eigenvalue weighted by Gasteiger charge is 2.46. The Balaban J connectivity index is 2.74. The molecular weight excluding hydrogens is 292 g/mol. The van der Waals surface area contributed by atoms with Gasteiger partial charge in [0.2, 0.25) is 0 Å². The van der Waals surface area contributed by atoms with E-state index in [1.165, 1.54) is 0 Å². The second-order valence-electron chi connectivity index (χ2n) is 4.61. The van der Waals surface area contributed by atoms with E-state index in [4.69, 9.17) is 35.0 Å². The summed E-state index contributed by atoms with van der Waals surface area (Å²) in [6, 6.07) is 9.19. The fourth-order valence-electron chi connectivity index (χ4n) is 2.39. The van der Waals surface area contributed by atoms with Crippen LogP contribution in [0.4, 0.5) is 0 Å². The van der Waals surface area contributed by atoms with E-state index in [-0.39, 0.29) is 10.8 Å². The summed E-state index contributed by atoms with van der Waals surface area (Å²) in [7, 11) is 0. The molecule has 0 aliphatic carbocycles. The van der Waals surface area contributed by atoms with Crippen molar-refractivity contribution >= 4 is 40.5 Å². The van der Waals surface area contributed by atoms with Crippen molar-refractivity contribution in [3.05, 3.63) is 40.4 Å². The van der Waals surface area contributed by atoms with Gasteiger partial charge in [-0.1, -0.05) is 36.0 Å². The molecule has 1 aromatic rings. The molecule has 0 spiro atoms. The van der Waals surface area contributed by atoms with Crippen molar-refractivity contribution in [1.82, 2.24) is 0 Å². The number of rotatable bonds is 1. The third kappa shape index (κ3) is 2.04. The minimum atomic E-state index is -0.857. The third-order valence-corrected chi connectivity index (χ3v) is 4.08. The van der Waals surface area contributed by atoms with Gasteiger partial charge in [-0.3, -0.25) is 5.41 Å². The minimum absolute atomic E-state index is 0.161. The molecule has 0 amide bonds. The lowest BCUT2D eigenvalue weighted by Gasteiger charge is -2.37. The lowest BCUT2D eigenvalue weighted by molar-refractivity contribution is 0.516. The highest BCUT2D eigenvalue weighted by atomic mass is 35.5. The molecule has 1 aliphatic rings. The molecule has 100 valence electrons. The van der Waals surface area contributed by atoms with Gasteiger partial charge in [0.25, 0.3) is 0 Å². The van der Waals surface area contributed by atoms with E-state index in [2.05, 4.69) is 16.9 Å². The van der Waals surface area contributed by atoms with E-state index in [0.717, 1.165) is 5.56 Å². The molecule has 3 N–H and O–H groups in total. The molecule has 0 bridgehead atoms. The molecule has 4 nitrogen and oxygen atoms in total. The first-order valence-corrected chi connectivity index (χ1v) is 6.58. The number of nitrogens with zero attached hydrogens (tertiary/aromatic N) is 2. The smallest absolute Gasteiger partial charge is 0.141 e. The fourth-order valence-corrected chi connectivity index (χ4v) is 2.88. The normalized spacial score (nSPS) is 25.6. The van der Waals surface area contributed by atoms with E-state index >= 15 is 0 Å². The zero-order valence-corrected chi connectivity index (χ0v) is 12.2. The Bertz CT molecular complexity index is 695. The van der Waals surface area contributed by atoms with Crippen LogP contribution >= 0.6 is 23.8 Å². The van der Waals surface area contributed by atoms with Crippen LogP contribution in [0.3, 0.4) is 0 Å². The highest BCUT2D eigenvalue weighted by molar-refractivity contribution is 7.80. The number of halogens is 1. The first kappa shape index (κ1) is 14.4. The lowest BCUT2D eigenvalue weighted by atomic mass is 9.65. The Kier molecular flexibility index (Phi) is 3.74. The minimum Gasteiger partial charge on any atom is -0.386 e. The molecule has 1 aliphatic heterocycles. The van der Waals surface area contributed by atoms with Crippen molar-refractivity contribution < 1.29 is 0 Å². The van der Waals surface area contributed by atoms with E-state index in [0.29, 0.717) is 10.6 Å². The van der Waals surface area contributed by atoms with Gasteiger partial charge in [-0.2, -0.15) is 5.26 Å². The summed E-state index contributed by atoms with van der Waals surface area (Å²) in [4.78, 5) is 4.18. The van der Waals surface area contributed by atoms with Gasteiger partial charge in [-0.15, -0.1) is 0 Å². The highest BCUT2D eigenvalue weighted by Crippen LogP contribution is 2.41. The average Bonchev–Trinajstić information content (AvgIpc) is 2.39. The van der Waals surface area contributed by atoms with Gasteiger partial charge < -0.3 is 5.73 Å². The van der Waals surface area contributed by atoms with Crippen molar-refractivity contribution in [3.63, 3.8) is 0 Å². The van der Waals surface area contributed by atoms with Crippen LogP contribution in [-0.4, -0.2) is 16.7 Å². The van der Waals surface area contributed by atoms with Gasteiger partial charge in [-0.05, 0) is 30.5 Å². The fraction of sp³-hybridized carbons (Fsp3) is 0.214. The molecule has 1 aromatic carbocycles. The summed E-state index contributed by atoms with van der Waals surface area (Å²) in [6.07, 6.45) is 0. The second kappa shape index (κ2) is 5.18. The van der Waals surface area contributed by atoms with Crippen LogP contribution in [0.15, 0.2) is 34.8 Å². The quantitative estimate of drug-likeness (QED) is 0.475. The number of aliphatic imine (C=N–C) groups is 1. The Morgan fingerprint density at radius 3 is 2.55 bits per heavy atom. The first-order valence-electron chi connectivity index (χ1n) is 5.79. The Labute approximate surface area is 127 Å². The molecule has 1 heterocycles. The lowest BCUT2D eigenvalue weighted by Crippen LogP contribution is -2.47. The van der Waals surface area contributed by atoms with Crippen molar-refractivity contribution in [2.45, 2.75) is 12.3 Å². The third-order valence-electron chi connectivity index (χ3n) is 3.53. The van der Waals surface area contributed by atoms with Gasteiger partial charge in [0.05, 0.1) is 17.1 Å². The number of nitrogens with two attached hydrogens (primary N) is 1. The predicted octanol–water partition coefficient (Wildman–Crippen LogP) is 2.61. The summed E-state index contributed by atoms with van der Waals surface area (Å²) in [5.41, 5.74) is 6.17. The molecule has 1 unspecified atom stereocenters. The topological polar surface area (TPSA) is 86.0 Å². The largest absolute Gasteiger partial charge is 0.386 e. The van der Waals surface area contributed by atoms with Crippen molar-refractivity contribution in [1.29, 1.82) is 10.7 Å². The molecule has 0 saturated heterocycles. The Morgan fingerprint density at radius 1 is 1.45 bits per heavy atom. The van der Waals surface area contributed by atoms with Gasteiger partial charge in [-0.25, -0.2) is 4.99 Å². The second-order valence-corrected chi connectivity index (χ2v) is 5.44. The molecule has 6 heteroatoms. The molecule has 2 atom stereocenters.